The lowest BCUT2D eigenvalue weighted by Gasteiger charge is -1.98. The zero-order chi connectivity index (χ0) is 9.84. The van der Waals surface area contributed by atoms with E-state index in [-0.39, 0.29) is 11.6 Å². The molecule has 1 rings (SSSR count). The number of aryl methyl sites for hydroxylation is 1. The van der Waals surface area contributed by atoms with Crippen molar-refractivity contribution in [2.24, 2.45) is 0 Å². The lowest BCUT2D eigenvalue weighted by Crippen LogP contribution is -1.95. The summed E-state index contributed by atoms with van der Waals surface area (Å²) in [5.41, 5.74) is 1.16. The van der Waals surface area contributed by atoms with E-state index in [2.05, 4.69) is 0 Å². The highest BCUT2D eigenvalue weighted by molar-refractivity contribution is 6.04. The molecule has 0 spiro atoms. The van der Waals surface area contributed by atoms with Gasteiger partial charge in [0.05, 0.1) is 0 Å². The molecule has 0 bridgehead atoms. The molecule has 13 heavy (non-hydrogen) atoms. The van der Waals surface area contributed by atoms with Crippen LogP contribution in [-0.4, -0.2) is 5.78 Å². The van der Waals surface area contributed by atoms with Crippen LogP contribution in [0.25, 0.3) is 0 Å². The third-order valence-corrected chi connectivity index (χ3v) is 1.64. The molecular weight excluding hydrogens is 167 g/mol. The van der Waals surface area contributed by atoms with Gasteiger partial charge in [0.15, 0.2) is 5.78 Å². The minimum atomic E-state index is -0.368. The summed E-state index contributed by atoms with van der Waals surface area (Å²) >= 11 is 0. The highest BCUT2D eigenvalue weighted by atomic mass is 19.1. The maximum Gasteiger partial charge on any atom is 0.185 e. The molecule has 0 aliphatic rings. The number of allylic oxidation sites excluding steroid dienone is 2. The van der Waals surface area contributed by atoms with Gasteiger partial charge in [-0.15, -0.1) is 0 Å². The number of rotatable bonds is 2. The molecule has 68 valence electrons. The van der Waals surface area contributed by atoms with Gasteiger partial charge in [-0.1, -0.05) is 6.08 Å². The summed E-state index contributed by atoms with van der Waals surface area (Å²) in [7, 11) is 0. The minimum absolute atomic E-state index is 0.162. The highest BCUT2D eigenvalue weighted by Gasteiger charge is 2.03. The van der Waals surface area contributed by atoms with Crippen LogP contribution in [0, 0.1) is 12.7 Å². The zero-order valence-electron chi connectivity index (χ0n) is 7.67. The molecule has 0 atom stereocenters. The summed E-state index contributed by atoms with van der Waals surface area (Å²) < 4.78 is 12.9. The number of hydrogen-bond acceptors (Lipinski definition) is 1. The van der Waals surface area contributed by atoms with E-state index >= 15 is 0 Å². The molecule has 0 amide bonds. The van der Waals surface area contributed by atoms with E-state index in [4.69, 9.17) is 0 Å². The molecule has 0 N–H and O–H groups in total. The number of ketones is 1. The SMILES string of the molecule is C/C=C/C(=O)c1cc(C)cc(F)c1. The fourth-order valence-electron chi connectivity index (χ4n) is 1.13. The van der Waals surface area contributed by atoms with Crippen molar-refractivity contribution in [3.63, 3.8) is 0 Å². The van der Waals surface area contributed by atoms with E-state index in [1.54, 1.807) is 26.0 Å². The Balaban J connectivity index is 3.08. The standard InChI is InChI=1S/C11H11FO/c1-3-4-11(13)9-5-8(2)6-10(12)7-9/h3-7H,1-2H3/b4-3+. The summed E-state index contributed by atoms with van der Waals surface area (Å²) in [5, 5.41) is 0. The van der Waals surface area contributed by atoms with Crippen LogP contribution in [0.4, 0.5) is 4.39 Å². The van der Waals surface area contributed by atoms with Crippen LogP contribution in [0.15, 0.2) is 30.4 Å². The smallest absolute Gasteiger partial charge is 0.185 e. The third-order valence-electron chi connectivity index (χ3n) is 1.64. The lowest BCUT2D eigenvalue weighted by atomic mass is 10.1. The summed E-state index contributed by atoms with van der Waals surface area (Å²) in [6, 6.07) is 4.31. The second kappa shape index (κ2) is 3.99. The second-order valence-electron chi connectivity index (χ2n) is 2.88. The highest BCUT2D eigenvalue weighted by Crippen LogP contribution is 2.09. The van der Waals surface area contributed by atoms with E-state index in [1.165, 1.54) is 18.2 Å². The van der Waals surface area contributed by atoms with Gasteiger partial charge in [0, 0.05) is 5.56 Å². The quantitative estimate of drug-likeness (QED) is 0.502. The predicted molar refractivity (Wildman–Crippen MR) is 50.3 cm³/mol. The van der Waals surface area contributed by atoms with Gasteiger partial charge in [-0.05, 0) is 43.7 Å². The largest absolute Gasteiger partial charge is 0.289 e. The van der Waals surface area contributed by atoms with Crippen LogP contribution in [0.3, 0.4) is 0 Å². The van der Waals surface area contributed by atoms with Crippen LogP contribution in [0.1, 0.15) is 22.8 Å². The average Bonchev–Trinajstić information content (AvgIpc) is 2.03. The van der Waals surface area contributed by atoms with Crippen LogP contribution < -0.4 is 0 Å². The van der Waals surface area contributed by atoms with E-state index in [9.17, 15) is 9.18 Å². The zero-order valence-corrected chi connectivity index (χ0v) is 7.67. The summed E-state index contributed by atoms with van der Waals surface area (Å²) in [5.74, 6) is -0.530. The lowest BCUT2D eigenvalue weighted by molar-refractivity contribution is 0.104. The molecule has 1 aromatic rings. The maximum absolute atomic E-state index is 12.9. The molecule has 1 aromatic carbocycles. The number of carbonyl (C=O) groups excluding carboxylic acids is 1. The van der Waals surface area contributed by atoms with E-state index in [0.717, 1.165) is 5.56 Å². The van der Waals surface area contributed by atoms with Gasteiger partial charge in [0.1, 0.15) is 5.82 Å². The summed E-state index contributed by atoms with van der Waals surface area (Å²) in [6.07, 6.45) is 3.07. The van der Waals surface area contributed by atoms with Gasteiger partial charge in [-0.2, -0.15) is 0 Å². The van der Waals surface area contributed by atoms with Crippen molar-refractivity contribution in [1.82, 2.24) is 0 Å². The summed E-state index contributed by atoms with van der Waals surface area (Å²) in [4.78, 5) is 11.3. The molecular formula is C11H11FO. The van der Waals surface area contributed by atoms with Crippen molar-refractivity contribution >= 4 is 5.78 Å². The number of hydrogen-bond donors (Lipinski definition) is 0. The first-order chi connectivity index (χ1) is 6.13. The first-order valence-electron chi connectivity index (χ1n) is 4.07. The monoisotopic (exact) mass is 178 g/mol. The van der Waals surface area contributed by atoms with Gasteiger partial charge < -0.3 is 0 Å². The van der Waals surface area contributed by atoms with Crippen molar-refractivity contribution in [2.75, 3.05) is 0 Å². The van der Waals surface area contributed by atoms with Crippen LogP contribution in [0.5, 0.6) is 0 Å². The number of benzene rings is 1. The van der Waals surface area contributed by atoms with Crippen molar-refractivity contribution in [3.05, 3.63) is 47.3 Å². The normalized spacial score (nSPS) is 10.7. The van der Waals surface area contributed by atoms with Gasteiger partial charge in [-0.3, -0.25) is 4.79 Å². The van der Waals surface area contributed by atoms with Gasteiger partial charge in [0.2, 0.25) is 0 Å². The first kappa shape index (κ1) is 9.65. The molecule has 0 aliphatic heterocycles. The maximum atomic E-state index is 12.9. The number of halogens is 1. The predicted octanol–water partition coefficient (Wildman–Crippen LogP) is 2.89. The minimum Gasteiger partial charge on any atom is -0.289 e. The van der Waals surface area contributed by atoms with Gasteiger partial charge >= 0.3 is 0 Å². The fraction of sp³-hybridized carbons (Fsp3) is 0.182. The van der Waals surface area contributed by atoms with Crippen LogP contribution >= 0.6 is 0 Å². The Morgan fingerprint density at radius 1 is 1.38 bits per heavy atom. The topological polar surface area (TPSA) is 17.1 Å². The average molecular weight is 178 g/mol. The number of carbonyl (C=O) groups is 1. The first-order valence-corrected chi connectivity index (χ1v) is 4.07. The molecule has 0 unspecified atom stereocenters. The molecule has 0 heterocycles. The summed E-state index contributed by atoms with van der Waals surface area (Å²) in [6.45, 7) is 3.51. The Bertz CT molecular complexity index is 333. The van der Waals surface area contributed by atoms with Gasteiger partial charge in [0.25, 0.3) is 0 Å². The molecule has 0 saturated heterocycles. The molecule has 0 saturated carbocycles. The fourth-order valence-corrected chi connectivity index (χ4v) is 1.13. The Kier molecular flexibility index (Phi) is 2.96. The van der Waals surface area contributed by atoms with Crippen LogP contribution in [-0.2, 0) is 0 Å². The molecule has 1 nitrogen and oxygen atoms in total. The Labute approximate surface area is 76.9 Å². The molecule has 0 aliphatic carbocycles. The van der Waals surface area contributed by atoms with Crippen molar-refractivity contribution < 1.29 is 9.18 Å². The van der Waals surface area contributed by atoms with Crippen molar-refractivity contribution in [1.29, 1.82) is 0 Å². The molecule has 0 fully saturated rings. The molecule has 0 aromatic heterocycles. The molecule has 2 heteroatoms. The second-order valence-corrected chi connectivity index (χ2v) is 2.88. The Morgan fingerprint density at radius 2 is 2.08 bits per heavy atom. The van der Waals surface area contributed by atoms with E-state index in [0.29, 0.717) is 5.56 Å². The Morgan fingerprint density at radius 3 is 2.62 bits per heavy atom. The van der Waals surface area contributed by atoms with E-state index < -0.39 is 0 Å². The van der Waals surface area contributed by atoms with E-state index in [1.807, 2.05) is 0 Å². The Hall–Kier alpha value is -1.44. The molecule has 0 radical (unpaired) electrons. The van der Waals surface area contributed by atoms with Gasteiger partial charge in [-0.25, -0.2) is 4.39 Å². The van der Waals surface area contributed by atoms with Crippen LogP contribution in [0.2, 0.25) is 0 Å². The van der Waals surface area contributed by atoms with Crippen molar-refractivity contribution in [2.45, 2.75) is 13.8 Å². The third kappa shape index (κ3) is 2.51. The van der Waals surface area contributed by atoms with Crippen molar-refractivity contribution in [3.8, 4) is 0 Å².